The number of allylic oxidation sites excluding steroid dienone is 3. The fourth-order valence-electron chi connectivity index (χ4n) is 2.37. The lowest BCUT2D eigenvalue weighted by molar-refractivity contribution is 1.69. The van der Waals surface area contributed by atoms with E-state index >= 15 is 0 Å². The highest BCUT2D eigenvalue weighted by Crippen LogP contribution is 2.36. The Morgan fingerprint density at radius 3 is 2.83 bits per heavy atom. The van der Waals surface area contributed by atoms with Crippen LogP contribution in [-0.4, -0.2) is 0 Å². The van der Waals surface area contributed by atoms with Crippen molar-refractivity contribution in [2.45, 2.75) is 6.92 Å². The molecule has 0 bridgehead atoms. The van der Waals surface area contributed by atoms with E-state index in [9.17, 15) is 0 Å². The maximum absolute atomic E-state index is 3.78. The van der Waals surface area contributed by atoms with Gasteiger partial charge in [0.05, 0.1) is 0 Å². The van der Waals surface area contributed by atoms with Gasteiger partial charge in [0.2, 0.25) is 0 Å². The summed E-state index contributed by atoms with van der Waals surface area (Å²) in [4.78, 5) is 0. The molecule has 0 aliphatic carbocycles. The minimum absolute atomic E-state index is 1.27. The molecule has 3 rings (SSSR count). The topological polar surface area (TPSA) is 0 Å². The van der Waals surface area contributed by atoms with Crippen LogP contribution >= 0.6 is 11.3 Å². The van der Waals surface area contributed by atoms with Gasteiger partial charge in [-0.15, -0.1) is 11.3 Å². The third-order valence-corrected chi connectivity index (χ3v) is 4.20. The summed E-state index contributed by atoms with van der Waals surface area (Å²) in [7, 11) is 0. The van der Waals surface area contributed by atoms with Crippen molar-refractivity contribution in [2.24, 2.45) is 0 Å². The van der Waals surface area contributed by atoms with E-state index in [0.717, 1.165) is 0 Å². The lowest BCUT2D eigenvalue weighted by atomic mass is 10.00. The van der Waals surface area contributed by atoms with E-state index in [1.54, 1.807) is 0 Å². The summed E-state index contributed by atoms with van der Waals surface area (Å²) < 4.78 is 1.35. The van der Waals surface area contributed by atoms with Crippen LogP contribution in [0.5, 0.6) is 0 Å². The third-order valence-electron chi connectivity index (χ3n) is 3.26. The lowest BCUT2D eigenvalue weighted by Gasteiger charge is -2.03. The molecule has 0 nitrogen and oxygen atoms in total. The SMILES string of the molecule is C=CC=C(C)c1csc2ccc3ccccc3c12. The quantitative estimate of drug-likeness (QED) is 0.516. The van der Waals surface area contributed by atoms with Crippen molar-refractivity contribution in [3.63, 3.8) is 0 Å². The second-order valence-electron chi connectivity index (χ2n) is 4.39. The molecule has 0 aliphatic heterocycles. The Labute approximate surface area is 111 Å². The van der Waals surface area contributed by atoms with Gasteiger partial charge in [0, 0.05) is 10.1 Å². The number of benzene rings is 2. The Kier molecular flexibility index (Phi) is 2.77. The van der Waals surface area contributed by atoms with Gasteiger partial charge in [-0.05, 0) is 40.3 Å². The van der Waals surface area contributed by atoms with Crippen molar-refractivity contribution < 1.29 is 0 Å². The Hall–Kier alpha value is -1.86. The van der Waals surface area contributed by atoms with E-state index in [4.69, 9.17) is 0 Å². The first kappa shape index (κ1) is 11.2. The highest BCUT2D eigenvalue weighted by Gasteiger charge is 2.08. The first-order valence-corrected chi connectivity index (χ1v) is 6.88. The zero-order chi connectivity index (χ0) is 12.5. The van der Waals surface area contributed by atoms with Crippen molar-refractivity contribution in [3.05, 3.63) is 66.1 Å². The third kappa shape index (κ3) is 1.68. The molecule has 1 heteroatoms. The number of hydrogen-bond donors (Lipinski definition) is 0. The first-order chi connectivity index (χ1) is 8.81. The van der Waals surface area contributed by atoms with Gasteiger partial charge in [0.25, 0.3) is 0 Å². The Balaban J connectivity index is 2.44. The van der Waals surface area contributed by atoms with Crippen LogP contribution in [0.4, 0.5) is 0 Å². The summed E-state index contributed by atoms with van der Waals surface area (Å²) in [6.07, 6.45) is 3.92. The van der Waals surface area contributed by atoms with Gasteiger partial charge >= 0.3 is 0 Å². The molecule has 0 saturated carbocycles. The summed E-state index contributed by atoms with van der Waals surface area (Å²) in [5, 5.41) is 6.25. The number of rotatable bonds is 2. The molecule has 0 amide bonds. The molecule has 0 atom stereocenters. The van der Waals surface area contributed by atoms with Crippen LogP contribution in [-0.2, 0) is 0 Å². The molecule has 1 aromatic heterocycles. The van der Waals surface area contributed by atoms with Crippen molar-refractivity contribution >= 4 is 37.8 Å². The standard InChI is InChI=1S/C17H14S/c1-3-6-12(2)15-11-18-16-10-9-13-7-4-5-8-14(13)17(15)16/h3-11H,1H2,2H3. The molecule has 0 fully saturated rings. The van der Waals surface area contributed by atoms with Gasteiger partial charge in [-0.25, -0.2) is 0 Å². The van der Waals surface area contributed by atoms with Gasteiger partial charge in [0.1, 0.15) is 0 Å². The number of fused-ring (bicyclic) bond motifs is 3. The van der Waals surface area contributed by atoms with Gasteiger partial charge < -0.3 is 0 Å². The Bertz CT molecular complexity index is 759. The van der Waals surface area contributed by atoms with Crippen LogP contribution in [0.2, 0.25) is 0 Å². The minimum Gasteiger partial charge on any atom is -0.143 e. The predicted octanol–water partition coefficient (Wildman–Crippen LogP) is 5.64. The van der Waals surface area contributed by atoms with Gasteiger partial charge in [-0.3, -0.25) is 0 Å². The minimum atomic E-state index is 1.27. The smallest absolute Gasteiger partial charge is 0.0355 e. The molecular formula is C17H14S. The normalized spacial score (nSPS) is 12.2. The molecule has 88 valence electrons. The van der Waals surface area contributed by atoms with E-state index < -0.39 is 0 Å². The first-order valence-electron chi connectivity index (χ1n) is 6.00. The predicted molar refractivity (Wildman–Crippen MR) is 83.2 cm³/mol. The molecule has 0 spiro atoms. The molecular weight excluding hydrogens is 236 g/mol. The molecule has 1 heterocycles. The van der Waals surface area contributed by atoms with Crippen molar-refractivity contribution in [2.75, 3.05) is 0 Å². The molecule has 0 unspecified atom stereocenters. The summed E-state index contributed by atoms with van der Waals surface area (Å²) in [5.74, 6) is 0. The monoisotopic (exact) mass is 250 g/mol. The van der Waals surface area contributed by atoms with Crippen LogP contribution in [0.15, 0.2) is 60.5 Å². The van der Waals surface area contributed by atoms with Crippen LogP contribution < -0.4 is 0 Å². The zero-order valence-corrected chi connectivity index (χ0v) is 11.1. The van der Waals surface area contributed by atoms with Crippen molar-refractivity contribution in [1.82, 2.24) is 0 Å². The van der Waals surface area contributed by atoms with E-state index in [2.05, 4.69) is 61.4 Å². The van der Waals surface area contributed by atoms with Crippen LogP contribution in [0.25, 0.3) is 26.4 Å². The van der Waals surface area contributed by atoms with Crippen LogP contribution in [0.3, 0.4) is 0 Å². The highest BCUT2D eigenvalue weighted by atomic mass is 32.1. The maximum atomic E-state index is 3.78. The second kappa shape index (κ2) is 4.43. The van der Waals surface area contributed by atoms with E-state index in [0.29, 0.717) is 0 Å². The van der Waals surface area contributed by atoms with Crippen molar-refractivity contribution in [3.8, 4) is 0 Å². The average molecular weight is 250 g/mol. The molecule has 0 saturated heterocycles. The molecule has 0 N–H and O–H groups in total. The number of hydrogen-bond acceptors (Lipinski definition) is 1. The summed E-state index contributed by atoms with van der Waals surface area (Å²) in [5.41, 5.74) is 2.60. The summed E-state index contributed by atoms with van der Waals surface area (Å²) in [6.45, 7) is 5.92. The van der Waals surface area contributed by atoms with Gasteiger partial charge in [-0.1, -0.05) is 49.1 Å². The van der Waals surface area contributed by atoms with Crippen LogP contribution in [0, 0.1) is 0 Å². The highest BCUT2D eigenvalue weighted by molar-refractivity contribution is 7.17. The maximum Gasteiger partial charge on any atom is 0.0355 e. The fraction of sp³-hybridized carbons (Fsp3) is 0.0588. The molecule has 0 radical (unpaired) electrons. The molecule has 18 heavy (non-hydrogen) atoms. The Morgan fingerprint density at radius 2 is 2.00 bits per heavy atom. The summed E-state index contributed by atoms with van der Waals surface area (Å²) >= 11 is 1.81. The largest absolute Gasteiger partial charge is 0.143 e. The van der Waals surface area contributed by atoms with Crippen molar-refractivity contribution in [1.29, 1.82) is 0 Å². The van der Waals surface area contributed by atoms with Gasteiger partial charge in [-0.2, -0.15) is 0 Å². The fourth-order valence-corrected chi connectivity index (χ4v) is 3.40. The molecule has 3 aromatic rings. The van der Waals surface area contributed by atoms with E-state index in [1.807, 2.05) is 17.4 Å². The average Bonchev–Trinajstić information content (AvgIpc) is 2.83. The second-order valence-corrected chi connectivity index (χ2v) is 5.31. The zero-order valence-electron chi connectivity index (χ0n) is 10.3. The molecule has 2 aromatic carbocycles. The molecule has 0 aliphatic rings. The van der Waals surface area contributed by atoms with E-state index in [-0.39, 0.29) is 0 Å². The van der Waals surface area contributed by atoms with E-state index in [1.165, 1.54) is 32.0 Å². The Morgan fingerprint density at radius 1 is 1.17 bits per heavy atom. The number of thiophene rings is 1. The van der Waals surface area contributed by atoms with Crippen LogP contribution in [0.1, 0.15) is 12.5 Å². The summed E-state index contributed by atoms with van der Waals surface area (Å²) in [6, 6.07) is 13.0. The lowest BCUT2D eigenvalue weighted by Crippen LogP contribution is -1.79. The van der Waals surface area contributed by atoms with Gasteiger partial charge in [0.15, 0.2) is 0 Å².